The van der Waals surface area contributed by atoms with Gasteiger partial charge in [0.25, 0.3) is 5.91 Å². The first-order chi connectivity index (χ1) is 11.6. The predicted molar refractivity (Wildman–Crippen MR) is 97.3 cm³/mol. The molecule has 0 saturated carbocycles. The molecule has 1 aromatic rings. The molecular weight excluding hydrogens is 300 g/mol. The molecule has 1 rings (SSSR count). The summed E-state index contributed by atoms with van der Waals surface area (Å²) in [6, 6.07) is 8.49. The average molecular weight is 328 g/mol. The molecule has 130 valence electrons. The quantitative estimate of drug-likeness (QED) is 0.376. The zero-order valence-electron chi connectivity index (χ0n) is 14.8. The zero-order valence-corrected chi connectivity index (χ0v) is 14.8. The highest BCUT2D eigenvalue weighted by atomic mass is 16.3. The Morgan fingerprint density at radius 3 is 2.25 bits per heavy atom. The Balaban J connectivity index is 2.45. The van der Waals surface area contributed by atoms with Gasteiger partial charge < -0.3 is 10.4 Å². The second kappa shape index (κ2) is 11.3. The van der Waals surface area contributed by atoms with Gasteiger partial charge in [0.05, 0.1) is 0 Å². The van der Waals surface area contributed by atoms with Gasteiger partial charge in [0, 0.05) is 6.54 Å². The third kappa shape index (κ3) is 6.87. The number of aromatic hydroxyl groups is 1. The van der Waals surface area contributed by atoms with Gasteiger partial charge in [0.15, 0.2) is 0 Å². The van der Waals surface area contributed by atoms with E-state index in [0.717, 1.165) is 18.4 Å². The summed E-state index contributed by atoms with van der Waals surface area (Å²) in [4.78, 5) is 12.2. The van der Waals surface area contributed by atoms with Crippen LogP contribution in [-0.2, 0) is 4.79 Å². The molecule has 0 fully saturated rings. The number of hydrogen-bond acceptors (Lipinski definition) is 3. The predicted octanol–water partition coefficient (Wildman–Crippen LogP) is 4.56. The van der Waals surface area contributed by atoms with Crippen LogP contribution < -0.4 is 5.32 Å². The Labute approximate surface area is 145 Å². The minimum absolute atomic E-state index is 0.128. The van der Waals surface area contributed by atoms with E-state index in [0.29, 0.717) is 12.1 Å². The summed E-state index contributed by atoms with van der Waals surface area (Å²) in [6.45, 7) is 4.55. The van der Waals surface area contributed by atoms with Gasteiger partial charge in [-0.2, -0.15) is 5.26 Å². The molecule has 0 aromatic heterocycles. The van der Waals surface area contributed by atoms with Crippen molar-refractivity contribution in [2.24, 2.45) is 0 Å². The van der Waals surface area contributed by atoms with Crippen molar-refractivity contribution in [1.29, 1.82) is 5.26 Å². The number of rotatable bonds is 10. The Morgan fingerprint density at radius 1 is 1.08 bits per heavy atom. The molecule has 4 nitrogen and oxygen atoms in total. The summed E-state index contributed by atoms with van der Waals surface area (Å²) in [7, 11) is 0. The molecule has 0 radical (unpaired) electrons. The summed E-state index contributed by atoms with van der Waals surface area (Å²) < 4.78 is 0. The minimum atomic E-state index is -0.325. The standard InChI is InChI=1S/C20H28N2O2/c1-3-4-5-6-7-8-9-14-22-20(24)19(15-21)16(2)17-10-12-18(23)13-11-17/h10-13,23H,3-9,14H2,1-2H3,(H,22,24). The molecule has 0 heterocycles. The van der Waals surface area contributed by atoms with Crippen LogP contribution in [-0.4, -0.2) is 17.6 Å². The topological polar surface area (TPSA) is 73.1 Å². The number of unbranched alkanes of at least 4 members (excludes halogenated alkanes) is 6. The molecule has 24 heavy (non-hydrogen) atoms. The maximum Gasteiger partial charge on any atom is 0.262 e. The normalized spacial score (nSPS) is 11.5. The molecule has 0 spiro atoms. The first kappa shape index (κ1) is 19.8. The van der Waals surface area contributed by atoms with Gasteiger partial charge in [-0.1, -0.05) is 57.6 Å². The van der Waals surface area contributed by atoms with Crippen molar-refractivity contribution >= 4 is 11.5 Å². The lowest BCUT2D eigenvalue weighted by Gasteiger charge is -2.08. The number of nitriles is 1. The Bertz CT molecular complexity index is 583. The number of nitrogens with zero attached hydrogens (tertiary/aromatic N) is 1. The van der Waals surface area contributed by atoms with E-state index < -0.39 is 0 Å². The van der Waals surface area contributed by atoms with Gasteiger partial charge in [0.1, 0.15) is 17.4 Å². The molecule has 0 saturated heterocycles. The molecule has 0 bridgehead atoms. The highest BCUT2D eigenvalue weighted by molar-refractivity contribution is 6.04. The number of carbonyl (C=O) groups excluding carboxylic acids is 1. The fraction of sp³-hybridized carbons (Fsp3) is 0.500. The minimum Gasteiger partial charge on any atom is -0.508 e. The van der Waals surface area contributed by atoms with Crippen LogP contribution >= 0.6 is 0 Å². The first-order valence-electron chi connectivity index (χ1n) is 8.78. The van der Waals surface area contributed by atoms with E-state index in [1.54, 1.807) is 31.2 Å². The number of carbonyl (C=O) groups is 1. The third-order valence-corrected chi connectivity index (χ3v) is 4.08. The fourth-order valence-corrected chi connectivity index (χ4v) is 2.53. The van der Waals surface area contributed by atoms with Crippen molar-refractivity contribution < 1.29 is 9.90 Å². The Hall–Kier alpha value is -2.28. The van der Waals surface area contributed by atoms with Gasteiger partial charge in [-0.15, -0.1) is 0 Å². The zero-order chi connectivity index (χ0) is 17.8. The summed E-state index contributed by atoms with van der Waals surface area (Å²) in [5.41, 5.74) is 1.51. The molecule has 0 atom stereocenters. The van der Waals surface area contributed by atoms with Crippen LogP contribution in [0.25, 0.3) is 5.57 Å². The van der Waals surface area contributed by atoms with Crippen LogP contribution in [0.5, 0.6) is 5.75 Å². The van der Waals surface area contributed by atoms with E-state index in [1.807, 2.05) is 6.07 Å². The number of nitrogens with one attached hydrogen (secondary N) is 1. The van der Waals surface area contributed by atoms with E-state index in [4.69, 9.17) is 0 Å². The third-order valence-electron chi connectivity index (χ3n) is 4.08. The van der Waals surface area contributed by atoms with E-state index >= 15 is 0 Å². The SMILES string of the molecule is CCCCCCCCCNC(=O)C(C#N)=C(C)c1ccc(O)cc1. The largest absolute Gasteiger partial charge is 0.508 e. The van der Waals surface area contributed by atoms with E-state index in [1.165, 1.54) is 32.1 Å². The highest BCUT2D eigenvalue weighted by Gasteiger charge is 2.13. The van der Waals surface area contributed by atoms with Crippen LogP contribution in [0.2, 0.25) is 0 Å². The second-order valence-corrected chi connectivity index (χ2v) is 6.04. The van der Waals surface area contributed by atoms with Gasteiger partial charge in [-0.3, -0.25) is 4.79 Å². The van der Waals surface area contributed by atoms with E-state index in [9.17, 15) is 15.2 Å². The highest BCUT2D eigenvalue weighted by Crippen LogP contribution is 2.20. The van der Waals surface area contributed by atoms with Crippen molar-refractivity contribution in [1.82, 2.24) is 5.32 Å². The number of hydrogen-bond donors (Lipinski definition) is 2. The number of amides is 1. The van der Waals surface area contributed by atoms with Gasteiger partial charge in [0.2, 0.25) is 0 Å². The summed E-state index contributed by atoms with van der Waals surface area (Å²) >= 11 is 0. The van der Waals surface area contributed by atoms with Crippen LogP contribution in [0.4, 0.5) is 0 Å². The first-order valence-corrected chi connectivity index (χ1v) is 8.78. The van der Waals surface area contributed by atoms with Crippen LogP contribution in [0.1, 0.15) is 64.4 Å². The smallest absolute Gasteiger partial charge is 0.262 e. The molecule has 1 aromatic carbocycles. The molecule has 1 amide bonds. The lowest BCUT2D eigenvalue weighted by atomic mass is 10.0. The van der Waals surface area contributed by atoms with E-state index in [2.05, 4.69) is 12.2 Å². The lowest BCUT2D eigenvalue weighted by molar-refractivity contribution is -0.117. The van der Waals surface area contributed by atoms with Crippen molar-refractivity contribution in [2.45, 2.75) is 58.8 Å². The maximum atomic E-state index is 12.2. The Morgan fingerprint density at radius 2 is 1.67 bits per heavy atom. The van der Waals surface area contributed by atoms with Crippen molar-refractivity contribution in [2.75, 3.05) is 6.54 Å². The second-order valence-electron chi connectivity index (χ2n) is 6.04. The molecule has 0 aliphatic heterocycles. The van der Waals surface area contributed by atoms with Gasteiger partial charge in [-0.05, 0) is 36.6 Å². The Kier molecular flexibility index (Phi) is 9.29. The number of phenolic OH excluding ortho intramolecular Hbond substituents is 1. The van der Waals surface area contributed by atoms with Crippen LogP contribution in [0.3, 0.4) is 0 Å². The molecular formula is C20H28N2O2. The van der Waals surface area contributed by atoms with Crippen LogP contribution in [0.15, 0.2) is 29.8 Å². The maximum absolute atomic E-state index is 12.2. The van der Waals surface area contributed by atoms with E-state index in [-0.39, 0.29) is 17.2 Å². The summed E-state index contributed by atoms with van der Waals surface area (Å²) in [5, 5.41) is 21.4. The van der Waals surface area contributed by atoms with Gasteiger partial charge in [-0.25, -0.2) is 0 Å². The molecule has 0 unspecified atom stereocenters. The summed E-state index contributed by atoms with van der Waals surface area (Å²) in [6.07, 6.45) is 8.33. The number of allylic oxidation sites excluding steroid dienone is 1. The number of phenols is 1. The molecule has 0 aliphatic carbocycles. The number of benzene rings is 1. The average Bonchev–Trinajstić information content (AvgIpc) is 2.58. The van der Waals surface area contributed by atoms with Crippen LogP contribution in [0, 0.1) is 11.3 Å². The lowest BCUT2D eigenvalue weighted by Crippen LogP contribution is -2.26. The van der Waals surface area contributed by atoms with Crippen molar-refractivity contribution in [3.05, 3.63) is 35.4 Å². The van der Waals surface area contributed by atoms with Gasteiger partial charge >= 0.3 is 0 Å². The molecule has 4 heteroatoms. The molecule has 0 aliphatic rings. The summed E-state index contributed by atoms with van der Waals surface area (Å²) in [5.74, 6) is -0.164. The molecule has 2 N–H and O–H groups in total. The monoisotopic (exact) mass is 328 g/mol. The van der Waals surface area contributed by atoms with Crippen molar-refractivity contribution in [3.8, 4) is 11.8 Å². The van der Waals surface area contributed by atoms with Crippen molar-refractivity contribution in [3.63, 3.8) is 0 Å². The fourth-order valence-electron chi connectivity index (χ4n) is 2.53.